The first-order valence-corrected chi connectivity index (χ1v) is 9.44. The SMILES string of the molecule is CC1(C)CCC[C@@]2(C)[C@H]1CC[C@@]1(CO1)[C@@H]2[C@H]1C=C(C=O)C[C@H](O)O1. The Morgan fingerprint density at radius 2 is 2.00 bits per heavy atom. The fraction of sp³-hybridized carbons (Fsp3) is 0.850. The van der Waals surface area contributed by atoms with Gasteiger partial charge in [0.2, 0.25) is 0 Å². The van der Waals surface area contributed by atoms with Gasteiger partial charge in [-0.1, -0.05) is 27.2 Å². The van der Waals surface area contributed by atoms with Gasteiger partial charge < -0.3 is 14.6 Å². The van der Waals surface area contributed by atoms with Gasteiger partial charge in [-0.2, -0.15) is 0 Å². The number of aliphatic hydroxyl groups is 1. The van der Waals surface area contributed by atoms with Crippen molar-refractivity contribution >= 4 is 6.29 Å². The van der Waals surface area contributed by atoms with Crippen LogP contribution in [0.4, 0.5) is 0 Å². The molecule has 0 aromatic heterocycles. The number of hydrogen-bond donors (Lipinski definition) is 1. The van der Waals surface area contributed by atoms with E-state index < -0.39 is 6.29 Å². The summed E-state index contributed by atoms with van der Waals surface area (Å²) in [5.41, 5.74) is 1.01. The predicted octanol–water partition coefficient (Wildman–Crippen LogP) is 3.23. The molecule has 4 rings (SSSR count). The highest BCUT2D eigenvalue weighted by Gasteiger charge is 2.67. The van der Waals surface area contributed by atoms with Gasteiger partial charge in [0.05, 0.1) is 18.3 Å². The third kappa shape index (κ3) is 2.41. The molecule has 0 unspecified atom stereocenters. The van der Waals surface area contributed by atoms with E-state index in [1.54, 1.807) is 0 Å². The number of ether oxygens (including phenoxy) is 2. The molecule has 2 aliphatic heterocycles. The summed E-state index contributed by atoms with van der Waals surface area (Å²) in [6, 6.07) is 0. The van der Waals surface area contributed by atoms with Crippen LogP contribution in [0.25, 0.3) is 0 Å². The molecule has 0 radical (unpaired) electrons. The molecule has 6 atom stereocenters. The fourth-order valence-electron chi connectivity index (χ4n) is 6.51. The molecule has 4 heteroatoms. The second-order valence-electron chi connectivity index (χ2n) is 9.39. The van der Waals surface area contributed by atoms with Crippen molar-refractivity contribution in [3.05, 3.63) is 11.6 Å². The van der Waals surface area contributed by atoms with Gasteiger partial charge in [-0.3, -0.25) is 4.79 Å². The van der Waals surface area contributed by atoms with Crippen molar-refractivity contribution in [3.8, 4) is 0 Å². The van der Waals surface area contributed by atoms with Gasteiger partial charge >= 0.3 is 0 Å². The number of carbonyl (C=O) groups excluding carboxylic acids is 1. The number of fused-ring (bicyclic) bond motifs is 1. The van der Waals surface area contributed by atoms with Crippen LogP contribution >= 0.6 is 0 Å². The van der Waals surface area contributed by atoms with E-state index in [0.29, 0.717) is 23.3 Å². The summed E-state index contributed by atoms with van der Waals surface area (Å²) >= 11 is 0. The lowest BCUT2D eigenvalue weighted by Crippen LogP contribution is -2.59. The van der Waals surface area contributed by atoms with E-state index in [4.69, 9.17) is 9.47 Å². The molecule has 1 saturated heterocycles. The maximum absolute atomic E-state index is 11.3. The summed E-state index contributed by atoms with van der Waals surface area (Å²) in [4.78, 5) is 11.3. The summed E-state index contributed by atoms with van der Waals surface area (Å²) < 4.78 is 12.0. The highest BCUT2D eigenvalue weighted by atomic mass is 16.6. The molecule has 0 bridgehead atoms. The second kappa shape index (κ2) is 5.39. The maximum Gasteiger partial charge on any atom is 0.159 e. The molecule has 2 aliphatic carbocycles. The number of carbonyl (C=O) groups is 1. The quantitative estimate of drug-likeness (QED) is 0.622. The molecule has 1 N–H and O–H groups in total. The van der Waals surface area contributed by atoms with Crippen molar-refractivity contribution in [3.63, 3.8) is 0 Å². The molecule has 2 heterocycles. The molecule has 0 aromatic rings. The second-order valence-corrected chi connectivity index (χ2v) is 9.39. The van der Waals surface area contributed by atoms with Crippen molar-refractivity contribution < 1.29 is 19.4 Å². The molecule has 0 amide bonds. The van der Waals surface area contributed by atoms with Crippen molar-refractivity contribution in [2.24, 2.45) is 22.7 Å². The first-order valence-electron chi connectivity index (χ1n) is 9.44. The van der Waals surface area contributed by atoms with Crippen LogP contribution in [-0.4, -0.2) is 36.0 Å². The van der Waals surface area contributed by atoms with Gasteiger partial charge in [0, 0.05) is 12.3 Å². The monoisotopic (exact) mass is 334 g/mol. The minimum Gasteiger partial charge on any atom is -0.369 e. The molecule has 0 aromatic carbocycles. The van der Waals surface area contributed by atoms with Crippen LogP contribution in [-0.2, 0) is 14.3 Å². The van der Waals surface area contributed by atoms with Crippen LogP contribution in [0.2, 0.25) is 0 Å². The van der Waals surface area contributed by atoms with Crippen LogP contribution in [0, 0.1) is 22.7 Å². The molecule has 4 nitrogen and oxygen atoms in total. The Hall–Kier alpha value is -0.710. The summed E-state index contributed by atoms with van der Waals surface area (Å²) in [5.74, 6) is 0.850. The highest BCUT2D eigenvalue weighted by Crippen LogP contribution is 2.66. The van der Waals surface area contributed by atoms with Gasteiger partial charge in [-0.15, -0.1) is 0 Å². The first kappa shape index (κ1) is 16.7. The Balaban J connectivity index is 1.74. The standard InChI is InChI=1S/C20H30O4/c1-18(2)6-4-7-19(3)15(18)5-8-20(12-23-20)17(19)14-9-13(11-21)10-16(22)24-14/h9,11,14-17,22H,4-8,10,12H2,1-3H3/t14-,15+,16-,17-,19+,20-/m1/s1. The Bertz CT molecular complexity index is 562. The molecular weight excluding hydrogens is 304 g/mol. The lowest BCUT2D eigenvalue weighted by Gasteiger charge is -2.60. The van der Waals surface area contributed by atoms with Crippen LogP contribution in [0.3, 0.4) is 0 Å². The first-order chi connectivity index (χ1) is 11.3. The Kier molecular flexibility index (Phi) is 3.76. The molecular formula is C20H30O4. The van der Waals surface area contributed by atoms with Crippen molar-refractivity contribution in [1.29, 1.82) is 0 Å². The topological polar surface area (TPSA) is 59.1 Å². The van der Waals surface area contributed by atoms with Crippen LogP contribution in [0.1, 0.15) is 59.3 Å². The smallest absolute Gasteiger partial charge is 0.159 e. The molecule has 1 spiro atoms. The predicted molar refractivity (Wildman–Crippen MR) is 90.3 cm³/mol. The molecule has 24 heavy (non-hydrogen) atoms. The van der Waals surface area contributed by atoms with E-state index in [0.717, 1.165) is 19.3 Å². The largest absolute Gasteiger partial charge is 0.369 e. The Morgan fingerprint density at radius 3 is 2.67 bits per heavy atom. The zero-order valence-electron chi connectivity index (χ0n) is 15.1. The highest BCUT2D eigenvalue weighted by molar-refractivity contribution is 5.73. The summed E-state index contributed by atoms with van der Waals surface area (Å²) in [7, 11) is 0. The number of epoxide rings is 1. The van der Waals surface area contributed by atoms with Crippen molar-refractivity contribution in [1.82, 2.24) is 0 Å². The normalized spacial score (nSPS) is 50.1. The van der Waals surface area contributed by atoms with E-state index in [1.807, 2.05) is 6.08 Å². The van der Waals surface area contributed by atoms with E-state index in [1.165, 1.54) is 25.7 Å². The zero-order chi connectivity index (χ0) is 17.2. The van der Waals surface area contributed by atoms with E-state index in [9.17, 15) is 9.90 Å². The third-order valence-electron chi connectivity index (χ3n) is 7.51. The average Bonchev–Trinajstić information content (AvgIpc) is 3.25. The summed E-state index contributed by atoms with van der Waals surface area (Å²) in [5, 5.41) is 10.1. The lowest BCUT2D eigenvalue weighted by molar-refractivity contribution is -0.197. The van der Waals surface area contributed by atoms with Crippen molar-refractivity contribution in [2.45, 2.75) is 77.3 Å². The number of rotatable bonds is 2. The fourth-order valence-corrected chi connectivity index (χ4v) is 6.51. The van der Waals surface area contributed by atoms with Crippen LogP contribution in [0.5, 0.6) is 0 Å². The number of aldehydes is 1. The number of hydrogen-bond acceptors (Lipinski definition) is 4. The van der Waals surface area contributed by atoms with E-state index >= 15 is 0 Å². The molecule has 134 valence electrons. The van der Waals surface area contributed by atoms with E-state index in [2.05, 4.69) is 20.8 Å². The van der Waals surface area contributed by atoms with Crippen LogP contribution < -0.4 is 0 Å². The van der Waals surface area contributed by atoms with E-state index in [-0.39, 0.29) is 23.0 Å². The van der Waals surface area contributed by atoms with Crippen LogP contribution in [0.15, 0.2) is 11.6 Å². The average molecular weight is 334 g/mol. The molecule has 2 saturated carbocycles. The Morgan fingerprint density at radius 1 is 1.25 bits per heavy atom. The summed E-state index contributed by atoms with van der Waals surface area (Å²) in [6.07, 6.45) is 7.98. The van der Waals surface area contributed by atoms with Gasteiger partial charge in [-0.25, -0.2) is 0 Å². The minimum atomic E-state index is -0.878. The van der Waals surface area contributed by atoms with Gasteiger partial charge in [0.25, 0.3) is 0 Å². The van der Waals surface area contributed by atoms with Gasteiger partial charge in [0.15, 0.2) is 6.29 Å². The molecule has 3 fully saturated rings. The number of aliphatic hydroxyl groups excluding tert-OH is 1. The van der Waals surface area contributed by atoms with Crippen molar-refractivity contribution in [2.75, 3.05) is 6.61 Å². The Labute approximate surface area is 144 Å². The van der Waals surface area contributed by atoms with Gasteiger partial charge in [0.1, 0.15) is 6.29 Å². The molecule has 4 aliphatic rings. The summed E-state index contributed by atoms with van der Waals surface area (Å²) in [6.45, 7) is 8.01. The minimum absolute atomic E-state index is 0.106. The third-order valence-corrected chi connectivity index (χ3v) is 7.51. The lowest BCUT2D eigenvalue weighted by atomic mass is 9.45. The maximum atomic E-state index is 11.3. The van der Waals surface area contributed by atoms with Gasteiger partial charge in [-0.05, 0) is 54.1 Å². The zero-order valence-corrected chi connectivity index (χ0v) is 15.1.